The third kappa shape index (κ3) is 9.19. The molecule has 2 saturated carbocycles. The molecule has 10 nitrogen and oxygen atoms in total. The van der Waals surface area contributed by atoms with Crippen molar-refractivity contribution in [2.24, 2.45) is 28.6 Å². The fourth-order valence-electron chi connectivity index (χ4n) is 7.92. The van der Waals surface area contributed by atoms with Crippen LogP contribution in [0.25, 0.3) is 0 Å². The summed E-state index contributed by atoms with van der Waals surface area (Å²) in [7, 11) is 0. The highest BCUT2D eigenvalue weighted by Gasteiger charge is 2.69. The van der Waals surface area contributed by atoms with Crippen molar-refractivity contribution >= 4 is 29.5 Å². The second kappa shape index (κ2) is 14.5. The smallest absolute Gasteiger partial charge is 0.315 e. The molecule has 0 aromatic rings. The van der Waals surface area contributed by atoms with Crippen molar-refractivity contribution in [3.8, 4) is 0 Å². The fraction of sp³-hybridized carbons (Fsp3) is 0.743. The molecule has 3 rings (SSSR count). The van der Waals surface area contributed by atoms with Crippen LogP contribution >= 0.6 is 0 Å². The van der Waals surface area contributed by atoms with Crippen LogP contribution in [0, 0.1) is 28.6 Å². The minimum Gasteiger partial charge on any atom is -0.346 e. The standard InChI is InChI=1S/C35H57N5O5/c1-10-12-18-24(28(41)30(43)36-19-11-2)37-29(42)27-25-23(35(25,8)9)20-40(27)31(44)26(22-16-14-13-15-17-22)38-32(45)39-34(6,7)21-33(3,4)5/h10-11,22-27H,1-2,12-21H2,3-9H3,(H,36,43)(H,37,42)(H2,38,39,45)/t23-,24?,25-,26?,27-/m0/s1. The van der Waals surface area contributed by atoms with E-state index in [2.05, 4.69) is 69.0 Å². The maximum atomic E-state index is 14.4. The second-order valence-corrected chi connectivity index (χ2v) is 15.8. The summed E-state index contributed by atoms with van der Waals surface area (Å²) in [4.78, 5) is 69.0. The lowest BCUT2D eigenvalue weighted by Crippen LogP contribution is -2.61. The van der Waals surface area contributed by atoms with E-state index in [1.54, 1.807) is 11.0 Å². The minimum atomic E-state index is -1.05. The molecule has 0 spiro atoms. The summed E-state index contributed by atoms with van der Waals surface area (Å²) in [5.41, 5.74) is -0.644. The van der Waals surface area contributed by atoms with Crippen molar-refractivity contribution in [1.82, 2.24) is 26.2 Å². The summed E-state index contributed by atoms with van der Waals surface area (Å²) in [6.45, 7) is 22.3. The fourth-order valence-corrected chi connectivity index (χ4v) is 7.92. The van der Waals surface area contributed by atoms with E-state index in [0.717, 1.165) is 38.5 Å². The van der Waals surface area contributed by atoms with Crippen LogP contribution in [0.2, 0.25) is 0 Å². The lowest BCUT2D eigenvalue weighted by Gasteiger charge is -2.38. The van der Waals surface area contributed by atoms with E-state index >= 15 is 0 Å². The first-order chi connectivity index (χ1) is 20.9. The van der Waals surface area contributed by atoms with E-state index in [1.165, 1.54) is 6.08 Å². The molecule has 0 aromatic carbocycles. The van der Waals surface area contributed by atoms with Gasteiger partial charge in [0.2, 0.25) is 17.6 Å². The van der Waals surface area contributed by atoms with Crippen molar-refractivity contribution in [3.63, 3.8) is 0 Å². The van der Waals surface area contributed by atoms with Crippen LogP contribution in [0.4, 0.5) is 4.79 Å². The Kier molecular flexibility index (Phi) is 11.7. The Morgan fingerprint density at radius 1 is 0.956 bits per heavy atom. The largest absolute Gasteiger partial charge is 0.346 e. The van der Waals surface area contributed by atoms with Gasteiger partial charge in [-0.2, -0.15) is 0 Å². The molecule has 3 fully saturated rings. The van der Waals surface area contributed by atoms with Gasteiger partial charge in [-0.15, -0.1) is 13.2 Å². The Labute approximate surface area is 270 Å². The topological polar surface area (TPSA) is 137 Å². The number of carbonyl (C=O) groups is 5. The first kappa shape index (κ1) is 36.3. The van der Waals surface area contributed by atoms with Crippen LogP contribution in [-0.2, 0) is 19.2 Å². The molecule has 1 heterocycles. The van der Waals surface area contributed by atoms with Crippen molar-refractivity contribution < 1.29 is 24.0 Å². The van der Waals surface area contributed by atoms with Gasteiger partial charge in [0.05, 0.1) is 6.04 Å². The predicted octanol–water partition coefficient (Wildman–Crippen LogP) is 4.25. The summed E-state index contributed by atoms with van der Waals surface area (Å²) in [5.74, 6) is -2.24. The van der Waals surface area contributed by atoms with Gasteiger partial charge in [-0.3, -0.25) is 19.2 Å². The lowest BCUT2D eigenvalue weighted by molar-refractivity contribution is -0.144. The molecule has 10 heteroatoms. The summed E-state index contributed by atoms with van der Waals surface area (Å²) in [6.07, 6.45) is 9.19. The van der Waals surface area contributed by atoms with Gasteiger partial charge in [-0.25, -0.2) is 4.79 Å². The zero-order valence-electron chi connectivity index (χ0n) is 28.6. The number of Topliss-reactive ketones (excluding diaryl/α,β-unsaturated/α-hetero) is 1. The van der Waals surface area contributed by atoms with Crippen LogP contribution in [0.3, 0.4) is 0 Å². The Bertz CT molecular complexity index is 1150. The van der Waals surface area contributed by atoms with Gasteiger partial charge < -0.3 is 26.2 Å². The Hall–Kier alpha value is -3.17. The number of hydrogen-bond acceptors (Lipinski definition) is 5. The number of allylic oxidation sites excluding steroid dienone is 1. The van der Waals surface area contributed by atoms with Crippen molar-refractivity contribution in [2.75, 3.05) is 13.1 Å². The summed E-state index contributed by atoms with van der Waals surface area (Å²) in [5, 5.41) is 11.4. The third-order valence-corrected chi connectivity index (χ3v) is 9.78. The van der Waals surface area contributed by atoms with Crippen molar-refractivity contribution in [1.29, 1.82) is 0 Å². The van der Waals surface area contributed by atoms with E-state index in [1.807, 2.05) is 13.8 Å². The van der Waals surface area contributed by atoms with E-state index in [-0.39, 0.29) is 53.5 Å². The molecular formula is C35H57N5O5. The average molecular weight is 628 g/mol. The number of nitrogens with one attached hydrogen (secondary N) is 4. The van der Waals surface area contributed by atoms with Crippen molar-refractivity contribution in [2.45, 2.75) is 123 Å². The molecule has 2 aliphatic carbocycles. The van der Waals surface area contributed by atoms with Gasteiger partial charge in [0.15, 0.2) is 0 Å². The number of piperidine rings is 1. The molecule has 3 aliphatic rings. The van der Waals surface area contributed by atoms with Crippen molar-refractivity contribution in [3.05, 3.63) is 25.3 Å². The Balaban J connectivity index is 1.85. The number of likely N-dealkylation sites (tertiary alicyclic amines) is 1. The van der Waals surface area contributed by atoms with Crippen LogP contribution in [-0.4, -0.2) is 71.2 Å². The van der Waals surface area contributed by atoms with E-state index in [4.69, 9.17) is 0 Å². The van der Waals surface area contributed by atoms with Gasteiger partial charge in [0.1, 0.15) is 12.1 Å². The van der Waals surface area contributed by atoms with Gasteiger partial charge in [0, 0.05) is 18.6 Å². The SMILES string of the molecule is C=CCCC(NC(=O)[C@@H]1[C@@H]2[C@H](CN1C(=O)C(NC(=O)NC(C)(C)CC(C)(C)C)C1CCCCC1)C2(C)C)C(=O)C(=O)NCC=C. The van der Waals surface area contributed by atoms with Gasteiger partial charge >= 0.3 is 6.03 Å². The third-order valence-electron chi connectivity index (χ3n) is 9.78. The number of ketones is 1. The highest BCUT2D eigenvalue weighted by atomic mass is 16.2. The van der Waals surface area contributed by atoms with Gasteiger partial charge in [-0.05, 0) is 74.5 Å². The van der Waals surface area contributed by atoms with Crippen LogP contribution in [0.15, 0.2) is 25.3 Å². The number of hydrogen-bond donors (Lipinski definition) is 4. The highest BCUT2D eigenvalue weighted by Crippen LogP contribution is 2.65. The summed E-state index contributed by atoms with van der Waals surface area (Å²) < 4.78 is 0. The van der Waals surface area contributed by atoms with E-state index in [0.29, 0.717) is 13.0 Å². The highest BCUT2D eigenvalue weighted by molar-refractivity contribution is 6.38. The molecule has 252 valence electrons. The summed E-state index contributed by atoms with van der Waals surface area (Å²) >= 11 is 0. The monoisotopic (exact) mass is 627 g/mol. The molecule has 2 unspecified atom stereocenters. The maximum absolute atomic E-state index is 14.4. The Morgan fingerprint density at radius 2 is 1.60 bits per heavy atom. The van der Waals surface area contributed by atoms with Gasteiger partial charge in [0.25, 0.3) is 5.91 Å². The quantitative estimate of drug-likeness (QED) is 0.169. The average Bonchev–Trinajstić information content (AvgIpc) is 3.27. The number of fused-ring (bicyclic) bond motifs is 1. The minimum absolute atomic E-state index is 0.00340. The molecule has 4 N–H and O–H groups in total. The number of carbonyl (C=O) groups excluding carboxylic acids is 5. The predicted molar refractivity (Wildman–Crippen MR) is 176 cm³/mol. The molecule has 1 saturated heterocycles. The zero-order chi connectivity index (χ0) is 33.7. The molecule has 0 radical (unpaired) electrons. The first-order valence-corrected chi connectivity index (χ1v) is 16.7. The second-order valence-electron chi connectivity index (χ2n) is 15.8. The molecule has 5 atom stereocenters. The van der Waals surface area contributed by atoms with E-state index < -0.39 is 41.3 Å². The number of rotatable bonds is 14. The molecule has 0 bridgehead atoms. The van der Waals surface area contributed by atoms with Crippen LogP contribution in [0.5, 0.6) is 0 Å². The van der Waals surface area contributed by atoms with Crippen LogP contribution in [0.1, 0.15) is 99.8 Å². The normalized spacial score (nSPS) is 24.0. The van der Waals surface area contributed by atoms with E-state index in [9.17, 15) is 24.0 Å². The Morgan fingerprint density at radius 3 is 2.18 bits per heavy atom. The lowest BCUT2D eigenvalue weighted by atomic mass is 9.81. The number of nitrogens with zero attached hydrogens (tertiary/aromatic N) is 1. The van der Waals surface area contributed by atoms with Crippen LogP contribution < -0.4 is 21.3 Å². The summed E-state index contributed by atoms with van der Waals surface area (Å²) in [6, 6.07) is -3.02. The number of urea groups is 1. The molecule has 1 aliphatic heterocycles. The first-order valence-electron chi connectivity index (χ1n) is 16.7. The molecule has 45 heavy (non-hydrogen) atoms. The maximum Gasteiger partial charge on any atom is 0.315 e. The molecule has 0 aromatic heterocycles. The number of amides is 5. The molecule has 5 amide bonds. The van der Waals surface area contributed by atoms with Gasteiger partial charge in [-0.1, -0.05) is 66.0 Å². The molecular weight excluding hydrogens is 570 g/mol. The zero-order valence-corrected chi connectivity index (χ0v) is 28.6.